The maximum Gasteiger partial charge on any atom is 0.138 e. The van der Waals surface area contributed by atoms with Crippen LogP contribution in [0.15, 0.2) is 18.4 Å². The van der Waals surface area contributed by atoms with E-state index in [-0.39, 0.29) is 0 Å². The van der Waals surface area contributed by atoms with Crippen LogP contribution in [-0.4, -0.2) is 17.1 Å². The Kier molecular flexibility index (Phi) is 2.64. The highest BCUT2D eigenvalue weighted by atomic mass is 35.5. The number of methoxy groups -OCH3 is 1. The molecule has 2 rings (SSSR count). The molecule has 0 aliphatic carbocycles. The summed E-state index contributed by atoms with van der Waals surface area (Å²) >= 11 is 6.02. The number of rotatable bonds is 2. The van der Waals surface area contributed by atoms with Gasteiger partial charge in [-0.05, 0) is 25.1 Å². The number of aryl methyl sites for hydroxylation is 1. The molecule has 4 heteroatoms. The Morgan fingerprint density at radius 3 is 3.00 bits per heavy atom. The third kappa shape index (κ3) is 1.97. The van der Waals surface area contributed by atoms with E-state index in [1.165, 1.54) is 0 Å². The third-order valence-corrected chi connectivity index (χ3v) is 2.39. The number of nitrogens with zero attached hydrogens (tertiary/aromatic N) is 1. The lowest BCUT2D eigenvalue weighted by Gasteiger charge is -1.94. The number of hydrogen-bond donors (Lipinski definition) is 1. The van der Waals surface area contributed by atoms with E-state index >= 15 is 0 Å². The van der Waals surface area contributed by atoms with E-state index in [1.54, 1.807) is 13.4 Å². The van der Waals surface area contributed by atoms with Crippen molar-refractivity contribution in [1.29, 1.82) is 0 Å². The number of hydrogen-bond acceptors (Lipinski definition) is 2. The van der Waals surface area contributed by atoms with E-state index in [4.69, 9.17) is 16.3 Å². The molecule has 2 aromatic rings. The molecule has 2 heterocycles. The lowest BCUT2D eigenvalue weighted by Crippen LogP contribution is -1.81. The topological polar surface area (TPSA) is 37.9 Å². The number of H-pyrrole nitrogens is 1. The molecule has 0 atom stereocenters. The van der Waals surface area contributed by atoms with Crippen LogP contribution in [0.4, 0.5) is 0 Å². The summed E-state index contributed by atoms with van der Waals surface area (Å²) in [4.78, 5) is 7.41. The molecule has 0 aliphatic rings. The van der Waals surface area contributed by atoms with Gasteiger partial charge >= 0.3 is 0 Å². The maximum atomic E-state index is 6.02. The van der Waals surface area contributed by atoms with Gasteiger partial charge in [-0.1, -0.05) is 11.6 Å². The van der Waals surface area contributed by atoms with Crippen LogP contribution in [0.25, 0.3) is 17.0 Å². The van der Waals surface area contributed by atoms with Gasteiger partial charge in [-0.25, -0.2) is 4.98 Å². The number of aromatic amines is 1. The van der Waals surface area contributed by atoms with Crippen molar-refractivity contribution in [2.75, 3.05) is 7.11 Å². The van der Waals surface area contributed by atoms with Crippen LogP contribution in [0.2, 0.25) is 5.15 Å². The second-order valence-electron chi connectivity index (χ2n) is 3.28. The number of pyridine rings is 1. The van der Waals surface area contributed by atoms with Crippen molar-refractivity contribution >= 4 is 28.6 Å². The average molecular weight is 223 g/mol. The predicted octanol–water partition coefficient (Wildman–Crippen LogP) is 3.14. The van der Waals surface area contributed by atoms with Gasteiger partial charge in [0.1, 0.15) is 5.15 Å². The minimum absolute atomic E-state index is 0.526. The van der Waals surface area contributed by atoms with Crippen molar-refractivity contribution in [1.82, 2.24) is 9.97 Å². The molecule has 15 heavy (non-hydrogen) atoms. The summed E-state index contributed by atoms with van der Waals surface area (Å²) < 4.78 is 4.85. The minimum Gasteiger partial charge on any atom is -0.504 e. The van der Waals surface area contributed by atoms with Gasteiger partial charge in [0.2, 0.25) is 0 Å². The summed E-state index contributed by atoms with van der Waals surface area (Å²) in [5, 5.41) is 1.45. The zero-order valence-electron chi connectivity index (χ0n) is 8.54. The van der Waals surface area contributed by atoms with Crippen LogP contribution in [-0.2, 0) is 4.74 Å². The van der Waals surface area contributed by atoms with Crippen LogP contribution >= 0.6 is 11.6 Å². The molecule has 0 saturated carbocycles. The van der Waals surface area contributed by atoms with Crippen molar-refractivity contribution < 1.29 is 4.74 Å². The van der Waals surface area contributed by atoms with Crippen LogP contribution in [0, 0.1) is 6.92 Å². The molecule has 0 bridgehead atoms. The van der Waals surface area contributed by atoms with E-state index in [0.29, 0.717) is 5.15 Å². The van der Waals surface area contributed by atoms with E-state index in [0.717, 1.165) is 22.3 Å². The van der Waals surface area contributed by atoms with Gasteiger partial charge in [0.15, 0.2) is 0 Å². The number of halogens is 1. The van der Waals surface area contributed by atoms with Gasteiger partial charge in [-0.15, -0.1) is 0 Å². The summed E-state index contributed by atoms with van der Waals surface area (Å²) in [5.74, 6) is 0. The molecule has 2 aromatic heterocycles. The second-order valence-corrected chi connectivity index (χ2v) is 3.64. The van der Waals surface area contributed by atoms with E-state index in [9.17, 15) is 0 Å². The number of nitrogens with one attached hydrogen (secondary N) is 1. The quantitative estimate of drug-likeness (QED) is 0.626. The van der Waals surface area contributed by atoms with Gasteiger partial charge < -0.3 is 9.72 Å². The highest BCUT2D eigenvalue weighted by molar-refractivity contribution is 6.34. The lowest BCUT2D eigenvalue weighted by molar-refractivity contribution is 0.341. The van der Waals surface area contributed by atoms with Crippen LogP contribution in [0.3, 0.4) is 0 Å². The Morgan fingerprint density at radius 1 is 1.47 bits per heavy atom. The van der Waals surface area contributed by atoms with Crippen LogP contribution in [0.5, 0.6) is 0 Å². The zero-order valence-corrected chi connectivity index (χ0v) is 9.30. The maximum absolute atomic E-state index is 6.02. The van der Waals surface area contributed by atoms with Crippen molar-refractivity contribution in [2.45, 2.75) is 6.92 Å². The van der Waals surface area contributed by atoms with Gasteiger partial charge in [-0.3, -0.25) is 0 Å². The van der Waals surface area contributed by atoms with Gasteiger partial charge in [0, 0.05) is 16.8 Å². The number of ether oxygens (including phenoxy) is 1. The third-order valence-electron chi connectivity index (χ3n) is 2.10. The van der Waals surface area contributed by atoms with Crippen molar-refractivity contribution in [3.8, 4) is 0 Å². The molecule has 0 fully saturated rings. The molecule has 0 aromatic carbocycles. The molecule has 1 N–H and O–H groups in total. The largest absolute Gasteiger partial charge is 0.504 e. The molecule has 0 spiro atoms. The Morgan fingerprint density at radius 2 is 2.27 bits per heavy atom. The summed E-state index contributed by atoms with van der Waals surface area (Å²) in [6, 6.07) is 3.91. The standard InChI is InChI=1S/C11H11ClN2O/c1-7-5-10-9(11(12)13-7)6-8(14-10)3-4-15-2/h3-6,14H,1-2H3. The van der Waals surface area contributed by atoms with Gasteiger partial charge in [-0.2, -0.15) is 0 Å². The molecule has 0 amide bonds. The molecule has 0 saturated heterocycles. The van der Waals surface area contributed by atoms with Gasteiger partial charge in [0.05, 0.1) is 18.9 Å². The number of aromatic nitrogens is 2. The monoisotopic (exact) mass is 222 g/mol. The van der Waals surface area contributed by atoms with Crippen molar-refractivity contribution in [3.63, 3.8) is 0 Å². The second kappa shape index (κ2) is 3.95. The molecule has 0 radical (unpaired) electrons. The fourth-order valence-electron chi connectivity index (χ4n) is 1.46. The van der Waals surface area contributed by atoms with E-state index in [2.05, 4.69) is 9.97 Å². The summed E-state index contributed by atoms with van der Waals surface area (Å²) in [6.45, 7) is 1.91. The van der Waals surface area contributed by atoms with E-state index < -0.39 is 0 Å². The normalized spacial score (nSPS) is 11.4. The molecule has 0 unspecified atom stereocenters. The summed E-state index contributed by atoms with van der Waals surface area (Å²) in [7, 11) is 1.61. The highest BCUT2D eigenvalue weighted by Gasteiger charge is 2.04. The molecule has 3 nitrogen and oxygen atoms in total. The summed E-state index contributed by atoms with van der Waals surface area (Å²) in [6.07, 6.45) is 3.45. The van der Waals surface area contributed by atoms with E-state index in [1.807, 2.05) is 25.1 Å². The SMILES string of the molecule is COC=Cc1cc2c(Cl)nc(C)cc2[nH]1. The summed E-state index contributed by atoms with van der Waals surface area (Å²) in [5.41, 5.74) is 2.83. The Balaban J connectivity index is 2.55. The first-order chi connectivity index (χ1) is 7.20. The lowest BCUT2D eigenvalue weighted by atomic mass is 10.3. The Labute approximate surface area is 92.7 Å². The Bertz CT molecular complexity index is 517. The van der Waals surface area contributed by atoms with Crippen LogP contribution in [0.1, 0.15) is 11.4 Å². The predicted molar refractivity (Wildman–Crippen MR) is 61.9 cm³/mol. The first kappa shape index (κ1) is 10.1. The zero-order chi connectivity index (χ0) is 10.8. The smallest absolute Gasteiger partial charge is 0.138 e. The first-order valence-electron chi connectivity index (χ1n) is 4.56. The number of fused-ring (bicyclic) bond motifs is 1. The average Bonchev–Trinajstić information content (AvgIpc) is 2.57. The molecule has 0 aliphatic heterocycles. The van der Waals surface area contributed by atoms with Crippen molar-refractivity contribution in [3.05, 3.63) is 34.9 Å². The fourth-order valence-corrected chi connectivity index (χ4v) is 1.75. The molecule has 78 valence electrons. The Hall–Kier alpha value is -1.48. The highest BCUT2D eigenvalue weighted by Crippen LogP contribution is 2.23. The van der Waals surface area contributed by atoms with Gasteiger partial charge in [0.25, 0.3) is 0 Å². The molecular formula is C11H11ClN2O. The fraction of sp³-hybridized carbons (Fsp3) is 0.182. The molecular weight excluding hydrogens is 212 g/mol. The van der Waals surface area contributed by atoms with Crippen LogP contribution < -0.4 is 0 Å². The first-order valence-corrected chi connectivity index (χ1v) is 4.93. The minimum atomic E-state index is 0.526. The van der Waals surface area contributed by atoms with Crippen molar-refractivity contribution in [2.24, 2.45) is 0 Å².